The van der Waals surface area contributed by atoms with Crippen molar-refractivity contribution in [3.8, 4) is 0 Å². The average molecular weight is 240 g/mol. The maximum Gasteiger partial charge on any atom is 0.321 e. The highest BCUT2D eigenvalue weighted by Gasteiger charge is 2.34. The molecule has 98 valence electrons. The molecule has 1 saturated heterocycles. The lowest BCUT2D eigenvalue weighted by molar-refractivity contribution is -0.146. The van der Waals surface area contributed by atoms with E-state index in [1.54, 1.807) is 0 Å². The molecule has 0 aromatic carbocycles. The van der Waals surface area contributed by atoms with Crippen molar-refractivity contribution in [2.24, 2.45) is 5.92 Å². The van der Waals surface area contributed by atoms with Crippen LogP contribution < -0.4 is 5.32 Å². The smallest absolute Gasteiger partial charge is 0.321 e. The SMILES string of the molecule is O=C(O)C(C1CCCCC1)N1CCCNCC1. The monoisotopic (exact) mass is 240 g/mol. The van der Waals surface area contributed by atoms with E-state index in [1.165, 1.54) is 19.3 Å². The van der Waals surface area contributed by atoms with Crippen molar-refractivity contribution in [2.45, 2.75) is 44.6 Å². The summed E-state index contributed by atoms with van der Waals surface area (Å²) in [7, 11) is 0. The summed E-state index contributed by atoms with van der Waals surface area (Å²) in [5, 5.41) is 12.8. The second-order valence-corrected chi connectivity index (χ2v) is 5.32. The minimum absolute atomic E-state index is 0.241. The fraction of sp³-hybridized carbons (Fsp3) is 0.923. The van der Waals surface area contributed by atoms with Gasteiger partial charge in [-0.3, -0.25) is 9.69 Å². The highest BCUT2D eigenvalue weighted by atomic mass is 16.4. The first-order valence-corrected chi connectivity index (χ1v) is 6.96. The van der Waals surface area contributed by atoms with Gasteiger partial charge in [-0.25, -0.2) is 0 Å². The Balaban J connectivity index is 2.01. The molecule has 0 spiro atoms. The minimum Gasteiger partial charge on any atom is -0.480 e. The third-order valence-corrected chi connectivity index (χ3v) is 4.12. The van der Waals surface area contributed by atoms with Gasteiger partial charge in [0.25, 0.3) is 0 Å². The number of hydrogen-bond acceptors (Lipinski definition) is 3. The van der Waals surface area contributed by atoms with Crippen LogP contribution in [0.25, 0.3) is 0 Å². The Bertz CT molecular complexity index is 244. The van der Waals surface area contributed by atoms with Crippen LogP contribution in [0.1, 0.15) is 38.5 Å². The van der Waals surface area contributed by atoms with Gasteiger partial charge in [0.05, 0.1) is 0 Å². The van der Waals surface area contributed by atoms with Crippen LogP contribution in [0.2, 0.25) is 0 Å². The number of carboxylic acids is 1. The number of aliphatic carboxylic acids is 1. The molecule has 0 aromatic rings. The third-order valence-electron chi connectivity index (χ3n) is 4.12. The van der Waals surface area contributed by atoms with Crippen LogP contribution in [0.5, 0.6) is 0 Å². The maximum absolute atomic E-state index is 11.5. The minimum atomic E-state index is -0.612. The van der Waals surface area contributed by atoms with Crippen molar-refractivity contribution in [3.05, 3.63) is 0 Å². The van der Waals surface area contributed by atoms with Crippen LogP contribution in [0, 0.1) is 5.92 Å². The van der Waals surface area contributed by atoms with Gasteiger partial charge in [-0.05, 0) is 31.7 Å². The van der Waals surface area contributed by atoms with Gasteiger partial charge in [0, 0.05) is 19.6 Å². The van der Waals surface area contributed by atoms with Gasteiger partial charge in [-0.15, -0.1) is 0 Å². The number of carboxylic acid groups (broad SMARTS) is 1. The summed E-state index contributed by atoms with van der Waals surface area (Å²) in [5.41, 5.74) is 0. The molecule has 0 bridgehead atoms. The molecular weight excluding hydrogens is 216 g/mol. The summed E-state index contributed by atoms with van der Waals surface area (Å²) in [6, 6.07) is -0.241. The van der Waals surface area contributed by atoms with Crippen LogP contribution in [0.4, 0.5) is 0 Å². The summed E-state index contributed by atoms with van der Waals surface area (Å²) < 4.78 is 0. The van der Waals surface area contributed by atoms with Crippen molar-refractivity contribution in [1.82, 2.24) is 10.2 Å². The molecule has 17 heavy (non-hydrogen) atoms. The van der Waals surface area contributed by atoms with E-state index in [1.807, 2.05) is 0 Å². The van der Waals surface area contributed by atoms with Crippen molar-refractivity contribution in [1.29, 1.82) is 0 Å². The normalized spacial score (nSPS) is 26.4. The molecule has 4 heteroatoms. The Labute approximate surface area is 103 Å². The van der Waals surface area contributed by atoms with E-state index < -0.39 is 5.97 Å². The average Bonchev–Trinajstić information content (AvgIpc) is 2.59. The van der Waals surface area contributed by atoms with Crippen LogP contribution in [-0.4, -0.2) is 48.2 Å². The van der Waals surface area contributed by atoms with Gasteiger partial charge in [0.2, 0.25) is 0 Å². The van der Waals surface area contributed by atoms with E-state index >= 15 is 0 Å². The highest BCUT2D eigenvalue weighted by Crippen LogP contribution is 2.29. The highest BCUT2D eigenvalue weighted by molar-refractivity contribution is 5.74. The van der Waals surface area contributed by atoms with Gasteiger partial charge in [0.1, 0.15) is 6.04 Å². The first kappa shape index (κ1) is 12.8. The van der Waals surface area contributed by atoms with Crippen molar-refractivity contribution in [3.63, 3.8) is 0 Å². The predicted molar refractivity (Wildman–Crippen MR) is 67.1 cm³/mol. The lowest BCUT2D eigenvalue weighted by Crippen LogP contribution is -2.48. The molecule has 1 aliphatic carbocycles. The number of carbonyl (C=O) groups is 1. The summed E-state index contributed by atoms with van der Waals surface area (Å²) in [6.07, 6.45) is 6.96. The zero-order chi connectivity index (χ0) is 12.1. The Morgan fingerprint density at radius 1 is 1.12 bits per heavy atom. The van der Waals surface area contributed by atoms with E-state index in [4.69, 9.17) is 0 Å². The molecule has 1 aliphatic heterocycles. The van der Waals surface area contributed by atoms with Crippen LogP contribution in [0.3, 0.4) is 0 Å². The van der Waals surface area contributed by atoms with E-state index in [9.17, 15) is 9.90 Å². The molecule has 1 saturated carbocycles. The van der Waals surface area contributed by atoms with Crippen LogP contribution in [-0.2, 0) is 4.79 Å². The largest absolute Gasteiger partial charge is 0.480 e. The number of nitrogens with one attached hydrogen (secondary N) is 1. The first-order valence-electron chi connectivity index (χ1n) is 6.96. The summed E-state index contributed by atoms with van der Waals surface area (Å²) in [5.74, 6) is -0.238. The van der Waals surface area contributed by atoms with Crippen LogP contribution in [0.15, 0.2) is 0 Å². The number of rotatable bonds is 3. The molecule has 0 amide bonds. The fourth-order valence-electron chi connectivity index (χ4n) is 3.25. The van der Waals surface area contributed by atoms with Gasteiger partial charge in [-0.1, -0.05) is 19.3 Å². The molecule has 2 fully saturated rings. The Kier molecular flexibility index (Phi) is 4.80. The second kappa shape index (κ2) is 6.36. The standard InChI is InChI=1S/C13H24N2O2/c16-13(17)12(11-5-2-1-3-6-11)15-9-4-7-14-8-10-15/h11-12,14H,1-10H2,(H,16,17). The molecule has 2 N–H and O–H groups in total. The van der Waals surface area contributed by atoms with E-state index in [0.717, 1.165) is 45.4 Å². The molecule has 2 rings (SSSR count). The van der Waals surface area contributed by atoms with Crippen molar-refractivity contribution >= 4 is 5.97 Å². The Morgan fingerprint density at radius 2 is 1.88 bits per heavy atom. The van der Waals surface area contributed by atoms with E-state index in [-0.39, 0.29) is 6.04 Å². The molecule has 1 unspecified atom stereocenters. The van der Waals surface area contributed by atoms with E-state index in [0.29, 0.717) is 5.92 Å². The third kappa shape index (κ3) is 3.42. The molecular formula is C13H24N2O2. The van der Waals surface area contributed by atoms with Gasteiger partial charge in [-0.2, -0.15) is 0 Å². The maximum atomic E-state index is 11.5. The zero-order valence-electron chi connectivity index (χ0n) is 10.5. The second-order valence-electron chi connectivity index (χ2n) is 5.32. The number of nitrogens with zero attached hydrogens (tertiary/aromatic N) is 1. The molecule has 0 radical (unpaired) electrons. The fourth-order valence-corrected chi connectivity index (χ4v) is 3.25. The topological polar surface area (TPSA) is 52.6 Å². The van der Waals surface area contributed by atoms with Crippen molar-refractivity contribution in [2.75, 3.05) is 26.2 Å². The molecule has 1 atom stereocenters. The van der Waals surface area contributed by atoms with Crippen molar-refractivity contribution < 1.29 is 9.90 Å². The summed E-state index contributed by atoms with van der Waals surface area (Å²) in [4.78, 5) is 13.7. The zero-order valence-corrected chi connectivity index (χ0v) is 10.5. The quantitative estimate of drug-likeness (QED) is 0.781. The molecule has 4 nitrogen and oxygen atoms in total. The van der Waals surface area contributed by atoms with Gasteiger partial charge >= 0.3 is 5.97 Å². The van der Waals surface area contributed by atoms with E-state index in [2.05, 4.69) is 10.2 Å². The van der Waals surface area contributed by atoms with Gasteiger partial charge < -0.3 is 10.4 Å². The molecule has 0 aromatic heterocycles. The Hall–Kier alpha value is -0.610. The molecule has 2 aliphatic rings. The number of hydrogen-bond donors (Lipinski definition) is 2. The first-order chi connectivity index (χ1) is 8.29. The van der Waals surface area contributed by atoms with Crippen LogP contribution >= 0.6 is 0 Å². The summed E-state index contributed by atoms with van der Waals surface area (Å²) in [6.45, 7) is 3.76. The lowest BCUT2D eigenvalue weighted by Gasteiger charge is -2.35. The lowest BCUT2D eigenvalue weighted by atomic mass is 9.83. The predicted octanol–water partition coefficient (Wildman–Crippen LogP) is 1.32. The summed E-state index contributed by atoms with van der Waals surface area (Å²) >= 11 is 0. The van der Waals surface area contributed by atoms with Gasteiger partial charge in [0.15, 0.2) is 0 Å². The Morgan fingerprint density at radius 3 is 2.59 bits per heavy atom. The molecule has 1 heterocycles.